The molecule has 0 amide bonds. The molecule has 86 valence electrons. The maximum absolute atomic E-state index is 6.10. The highest BCUT2D eigenvalue weighted by Gasteiger charge is 2.24. The molecule has 0 radical (unpaired) electrons. The first-order valence-electron chi connectivity index (χ1n) is 4.53. The zero-order valence-electron chi connectivity index (χ0n) is 9.05. The fourth-order valence-electron chi connectivity index (χ4n) is 1.23. The van der Waals surface area contributed by atoms with Crippen LogP contribution in [0.5, 0.6) is 0 Å². The summed E-state index contributed by atoms with van der Waals surface area (Å²) in [5, 5.41) is 1.13. The van der Waals surface area contributed by atoms with Gasteiger partial charge in [-0.15, -0.1) is 12.4 Å². The fourth-order valence-corrected chi connectivity index (χ4v) is 1.65. The highest BCUT2D eigenvalue weighted by atomic mass is 35.5. The van der Waals surface area contributed by atoms with Gasteiger partial charge >= 0.3 is 0 Å². The van der Waals surface area contributed by atoms with Gasteiger partial charge in [0.2, 0.25) is 0 Å². The number of hydrogen-bond acceptors (Lipinski definition) is 1. The average molecular weight is 269 g/mol. The van der Waals surface area contributed by atoms with Crippen LogP contribution in [0.25, 0.3) is 0 Å². The van der Waals surface area contributed by atoms with Crippen molar-refractivity contribution in [2.75, 3.05) is 0 Å². The molecule has 1 aromatic rings. The molecule has 0 spiro atoms. The Morgan fingerprint density at radius 1 is 1.20 bits per heavy atom. The van der Waals surface area contributed by atoms with Crippen molar-refractivity contribution in [1.29, 1.82) is 0 Å². The molecular weight excluding hydrogens is 252 g/mol. The monoisotopic (exact) mass is 267 g/mol. The lowest BCUT2D eigenvalue weighted by Gasteiger charge is -2.28. The number of rotatable bonds is 1. The van der Waals surface area contributed by atoms with Crippen molar-refractivity contribution in [3.05, 3.63) is 33.8 Å². The summed E-state index contributed by atoms with van der Waals surface area (Å²) >= 11 is 12.0. The maximum Gasteiger partial charge on any atom is 0.0640 e. The van der Waals surface area contributed by atoms with Gasteiger partial charge < -0.3 is 5.73 Å². The van der Waals surface area contributed by atoms with E-state index in [1.807, 2.05) is 12.1 Å². The Labute approximate surface area is 107 Å². The molecule has 1 rings (SSSR count). The normalized spacial score (nSPS) is 13.2. The minimum atomic E-state index is -0.103. The third-order valence-electron chi connectivity index (χ3n) is 2.25. The quantitative estimate of drug-likeness (QED) is 0.799. The summed E-state index contributed by atoms with van der Waals surface area (Å²) in [6, 6.07) is 5.45. The van der Waals surface area contributed by atoms with Crippen LogP contribution in [0.3, 0.4) is 0 Å². The Bertz CT molecular complexity index is 331. The van der Waals surface area contributed by atoms with E-state index in [1.54, 1.807) is 6.07 Å². The Kier molecular flexibility index (Phi) is 5.42. The summed E-state index contributed by atoms with van der Waals surface area (Å²) in [7, 11) is 0. The molecule has 0 fully saturated rings. The molecule has 0 unspecified atom stereocenters. The SMILES string of the molecule is CC(C)(C)[C@H](N)c1cccc(Cl)c1Cl.Cl. The molecule has 15 heavy (non-hydrogen) atoms. The fraction of sp³-hybridized carbons (Fsp3) is 0.455. The summed E-state index contributed by atoms with van der Waals surface area (Å²) in [6.45, 7) is 6.23. The Hall–Kier alpha value is 0.0500. The van der Waals surface area contributed by atoms with Gasteiger partial charge in [0.25, 0.3) is 0 Å². The van der Waals surface area contributed by atoms with Crippen molar-refractivity contribution < 1.29 is 0 Å². The number of benzene rings is 1. The lowest BCUT2D eigenvalue weighted by Crippen LogP contribution is -2.26. The highest BCUT2D eigenvalue weighted by Crippen LogP contribution is 2.36. The zero-order valence-corrected chi connectivity index (χ0v) is 11.4. The number of halogens is 3. The van der Waals surface area contributed by atoms with Gasteiger partial charge in [-0.2, -0.15) is 0 Å². The second-order valence-electron chi connectivity index (χ2n) is 4.49. The summed E-state index contributed by atoms with van der Waals surface area (Å²) in [4.78, 5) is 0. The van der Waals surface area contributed by atoms with E-state index in [0.717, 1.165) is 5.56 Å². The molecule has 0 heterocycles. The summed E-state index contributed by atoms with van der Waals surface area (Å²) in [5.41, 5.74) is 6.99. The van der Waals surface area contributed by atoms with Crippen LogP contribution in [-0.4, -0.2) is 0 Å². The van der Waals surface area contributed by atoms with Crippen molar-refractivity contribution in [3.63, 3.8) is 0 Å². The van der Waals surface area contributed by atoms with Gasteiger partial charge in [0.1, 0.15) is 0 Å². The molecule has 1 atom stereocenters. The Balaban J connectivity index is 0.00000196. The van der Waals surface area contributed by atoms with Gasteiger partial charge in [0.15, 0.2) is 0 Å². The topological polar surface area (TPSA) is 26.0 Å². The summed E-state index contributed by atoms with van der Waals surface area (Å²) in [5.74, 6) is 0. The van der Waals surface area contributed by atoms with Gasteiger partial charge in [0.05, 0.1) is 10.0 Å². The van der Waals surface area contributed by atoms with Crippen LogP contribution in [0.2, 0.25) is 10.0 Å². The second kappa shape index (κ2) is 5.40. The molecule has 0 aromatic heterocycles. The molecule has 0 aliphatic rings. The predicted molar refractivity (Wildman–Crippen MR) is 70.1 cm³/mol. The lowest BCUT2D eigenvalue weighted by atomic mass is 9.83. The highest BCUT2D eigenvalue weighted by molar-refractivity contribution is 6.42. The molecule has 2 N–H and O–H groups in total. The van der Waals surface area contributed by atoms with Gasteiger partial charge in [-0.1, -0.05) is 56.1 Å². The molecule has 0 saturated heterocycles. The zero-order chi connectivity index (χ0) is 10.9. The first-order chi connectivity index (χ1) is 6.34. The molecule has 0 aliphatic heterocycles. The van der Waals surface area contributed by atoms with Crippen molar-refractivity contribution in [1.82, 2.24) is 0 Å². The van der Waals surface area contributed by atoms with E-state index in [4.69, 9.17) is 28.9 Å². The first kappa shape index (κ1) is 15.0. The Morgan fingerprint density at radius 2 is 1.73 bits per heavy atom. The smallest absolute Gasteiger partial charge is 0.0640 e. The van der Waals surface area contributed by atoms with Crippen LogP contribution in [0.1, 0.15) is 32.4 Å². The third kappa shape index (κ3) is 3.53. The molecule has 0 aliphatic carbocycles. The molecule has 1 nitrogen and oxygen atoms in total. The van der Waals surface area contributed by atoms with Crippen molar-refractivity contribution in [3.8, 4) is 0 Å². The first-order valence-corrected chi connectivity index (χ1v) is 5.29. The van der Waals surface area contributed by atoms with E-state index < -0.39 is 0 Å². The van der Waals surface area contributed by atoms with Crippen LogP contribution in [-0.2, 0) is 0 Å². The minimum Gasteiger partial charge on any atom is -0.323 e. The molecular formula is C11H16Cl3N. The van der Waals surface area contributed by atoms with Crippen molar-refractivity contribution in [2.24, 2.45) is 11.1 Å². The van der Waals surface area contributed by atoms with Crippen LogP contribution in [0, 0.1) is 5.41 Å². The molecule has 0 saturated carbocycles. The maximum atomic E-state index is 6.10. The van der Waals surface area contributed by atoms with Gasteiger partial charge in [-0.25, -0.2) is 0 Å². The molecule has 0 bridgehead atoms. The Morgan fingerprint density at radius 3 is 2.20 bits per heavy atom. The van der Waals surface area contributed by atoms with E-state index in [-0.39, 0.29) is 23.9 Å². The van der Waals surface area contributed by atoms with Gasteiger partial charge in [0, 0.05) is 6.04 Å². The third-order valence-corrected chi connectivity index (χ3v) is 3.08. The van der Waals surface area contributed by atoms with E-state index in [9.17, 15) is 0 Å². The summed E-state index contributed by atoms with van der Waals surface area (Å²) in [6.07, 6.45) is 0. The van der Waals surface area contributed by atoms with Crippen molar-refractivity contribution >= 4 is 35.6 Å². The van der Waals surface area contributed by atoms with Crippen LogP contribution >= 0.6 is 35.6 Å². The predicted octanol–water partition coefficient (Wildman–Crippen LogP) is 4.46. The largest absolute Gasteiger partial charge is 0.323 e. The number of nitrogens with two attached hydrogens (primary N) is 1. The van der Waals surface area contributed by atoms with Crippen molar-refractivity contribution in [2.45, 2.75) is 26.8 Å². The van der Waals surface area contributed by atoms with Gasteiger partial charge in [-0.3, -0.25) is 0 Å². The standard InChI is InChI=1S/C11H15Cl2N.ClH/c1-11(2,3)10(14)7-5-4-6-8(12)9(7)13;/h4-6,10H,14H2,1-3H3;1H/t10-;/m1./s1. The average Bonchev–Trinajstić information content (AvgIpc) is 2.07. The van der Waals surface area contributed by atoms with Crippen LogP contribution in [0.4, 0.5) is 0 Å². The molecule has 1 aromatic carbocycles. The van der Waals surface area contributed by atoms with E-state index in [0.29, 0.717) is 10.0 Å². The van der Waals surface area contributed by atoms with E-state index in [1.165, 1.54) is 0 Å². The number of hydrogen-bond donors (Lipinski definition) is 1. The van der Waals surface area contributed by atoms with E-state index in [2.05, 4.69) is 20.8 Å². The summed E-state index contributed by atoms with van der Waals surface area (Å²) < 4.78 is 0. The van der Waals surface area contributed by atoms with Crippen LogP contribution in [0.15, 0.2) is 18.2 Å². The van der Waals surface area contributed by atoms with Gasteiger partial charge in [-0.05, 0) is 17.0 Å². The lowest BCUT2D eigenvalue weighted by molar-refractivity contribution is 0.327. The van der Waals surface area contributed by atoms with Crippen LogP contribution < -0.4 is 5.73 Å². The second-order valence-corrected chi connectivity index (χ2v) is 5.27. The van der Waals surface area contributed by atoms with E-state index >= 15 is 0 Å². The molecule has 4 heteroatoms. The minimum absolute atomic E-state index is 0.